The number of benzene rings is 2. The Balaban J connectivity index is 1.79. The number of nitrogens with zero attached hydrogens (tertiary/aromatic N) is 4. The molecule has 0 N–H and O–H groups in total. The third-order valence-corrected chi connectivity index (χ3v) is 5.66. The van der Waals surface area contributed by atoms with Crippen LogP contribution in [0.15, 0.2) is 54.6 Å². The van der Waals surface area contributed by atoms with Gasteiger partial charge < -0.3 is 0 Å². The molecule has 0 atom stereocenters. The minimum atomic E-state index is -0.371. The van der Waals surface area contributed by atoms with Gasteiger partial charge >= 0.3 is 0 Å². The normalized spacial score (nSPS) is 13.4. The second kappa shape index (κ2) is 6.81. The minimum Gasteiger partial charge on any atom is -0.258 e. The average molecular weight is 384 g/mol. The van der Waals surface area contributed by atoms with Gasteiger partial charge in [-0.2, -0.15) is 5.10 Å². The van der Waals surface area contributed by atoms with Crippen LogP contribution in [0.25, 0.3) is 28.0 Å². The molecule has 2 heterocycles. The van der Waals surface area contributed by atoms with Gasteiger partial charge in [0.25, 0.3) is 5.69 Å². The molecule has 6 nitrogen and oxygen atoms in total. The number of aromatic nitrogens is 3. The van der Waals surface area contributed by atoms with Crippen molar-refractivity contribution in [3.8, 4) is 16.9 Å². The number of para-hydroxylation sites is 1. The lowest BCUT2D eigenvalue weighted by Gasteiger charge is -2.20. The molecule has 6 heteroatoms. The van der Waals surface area contributed by atoms with E-state index in [0.29, 0.717) is 0 Å². The number of aryl methyl sites for hydroxylation is 2. The zero-order chi connectivity index (χ0) is 20.0. The summed E-state index contributed by atoms with van der Waals surface area (Å²) in [5.41, 5.74) is 7.32. The number of fused-ring (bicyclic) bond motifs is 3. The summed E-state index contributed by atoms with van der Waals surface area (Å²) >= 11 is 0. The molecular formula is C23H20N4O2. The topological polar surface area (TPSA) is 73.8 Å². The quantitative estimate of drug-likeness (QED) is 0.360. The highest BCUT2D eigenvalue weighted by atomic mass is 16.6. The van der Waals surface area contributed by atoms with Gasteiger partial charge in [0.2, 0.25) is 0 Å². The number of non-ortho nitro benzene ring substituents is 1. The molecule has 5 rings (SSSR count). The van der Waals surface area contributed by atoms with E-state index < -0.39 is 0 Å². The molecule has 0 aliphatic heterocycles. The van der Waals surface area contributed by atoms with Crippen molar-refractivity contribution >= 4 is 16.7 Å². The summed E-state index contributed by atoms with van der Waals surface area (Å²) in [4.78, 5) is 15.7. The monoisotopic (exact) mass is 384 g/mol. The molecule has 0 amide bonds. The number of hydrogen-bond donors (Lipinski definition) is 0. The molecule has 29 heavy (non-hydrogen) atoms. The Bertz CT molecular complexity index is 1230. The van der Waals surface area contributed by atoms with Gasteiger partial charge in [-0.3, -0.25) is 10.1 Å². The Hall–Kier alpha value is -3.54. The van der Waals surface area contributed by atoms with Gasteiger partial charge in [-0.15, -0.1) is 0 Å². The fourth-order valence-corrected chi connectivity index (χ4v) is 4.32. The first kappa shape index (κ1) is 17.6. The lowest BCUT2D eigenvalue weighted by molar-refractivity contribution is -0.384. The van der Waals surface area contributed by atoms with Crippen molar-refractivity contribution < 1.29 is 4.92 Å². The molecule has 144 valence electrons. The number of nitro benzene ring substituents is 1. The van der Waals surface area contributed by atoms with Crippen molar-refractivity contribution in [1.82, 2.24) is 14.8 Å². The molecule has 1 aliphatic rings. The Labute approximate surface area is 168 Å². The Kier molecular flexibility index (Phi) is 4.12. The van der Waals surface area contributed by atoms with Crippen LogP contribution in [0.3, 0.4) is 0 Å². The molecule has 2 aromatic heterocycles. The molecule has 0 bridgehead atoms. The van der Waals surface area contributed by atoms with Gasteiger partial charge in [0, 0.05) is 23.1 Å². The first-order valence-corrected chi connectivity index (χ1v) is 9.85. The second-order valence-electron chi connectivity index (χ2n) is 7.46. The third kappa shape index (κ3) is 2.88. The maximum absolute atomic E-state index is 11.0. The van der Waals surface area contributed by atoms with E-state index in [0.717, 1.165) is 59.4 Å². The van der Waals surface area contributed by atoms with Crippen LogP contribution in [0, 0.1) is 17.0 Å². The maximum Gasteiger partial charge on any atom is 0.269 e. The molecule has 0 fully saturated rings. The van der Waals surface area contributed by atoms with Crippen molar-refractivity contribution in [2.45, 2.75) is 32.6 Å². The molecule has 1 aliphatic carbocycles. The highest BCUT2D eigenvalue weighted by Crippen LogP contribution is 2.37. The smallest absolute Gasteiger partial charge is 0.258 e. The van der Waals surface area contributed by atoms with Gasteiger partial charge in [-0.1, -0.05) is 18.2 Å². The van der Waals surface area contributed by atoms with Crippen LogP contribution in [0.1, 0.15) is 29.7 Å². The summed E-state index contributed by atoms with van der Waals surface area (Å²) in [6, 6.07) is 16.7. The van der Waals surface area contributed by atoms with Gasteiger partial charge in [0.1, 0.15) is 0 Å². The van der Waals surface area contributed by atoms with E-state index in [9.17, 15) is 10.1 Å². The molecule has 2 aromatic carbocycles. The van der Waals surface area contributed by atoms with Gasteiger partial charge in [-0.05, 0) is 68.0 Å². The number of nitro groups is 1. The van der Waals surface area contributed by atoms with E-state index in [1.165, 1.54) is 11.1 Å². The number of rotatable bonds is 3. The van der Waals surface area contributed by atoms with Gasteiger partial charge in [0.05, 0.1) is 22.0 Å². The van der Waals surface area contributed by atoms with Crippen molar-refractivity contribution in [1.29, 1.82) is 0 Å². The van der Waals surface area contributed by atoms with Crippen molar-refractivity contribution in [3.05, 3.63) is 81.5 Å². The van der Waals surface area contributed by atoms with Crippen LogP contribution >= 0.6 is 0 Å². The molecule has 0 unspecified atom stereocenters. The standard InChI is InChI=1S/C23H20N4O2/c1-15-21-19-9-5-6-10-20(19)22(16-11-13-18(14-12-16)27(28)29)24-23(21)26(25-15)17-7-3-2-4-8-17/h2-4,7-8,11-14H,5-6,9-10H2,1H3. The SMILES string of the molecule is Cc1nn(-c2ccccc2)c2nc(-c3ccc([N+](=O)[O-])cc3)c3c(c12)CCCC3. The Morgan fingerprint density at radius 1 is 0.966 bits per heavy atom. The van der Waals surface area contributed by atoms with Crippen LogP contribution in [0.4, 0.5) is 5.69 Å². The summed E-state index contributed by atoms with van der Waals surface area (Å²) in [5.74, 6) is 0. The lowest BCUT2D eigenvalue weighted by atomic mass is 9.86. The summed E-state index contributed by atoms with van der Waals surface area (Å²) in [6.07, 6.45) is 4.27. The van der Waals surface area contributed by atoms with Crippen molar-refractivity contribution in [3.63, 3.8) is 0 Å². The minimum absolute atomic E-state index is 0.0915. The lowest BCUT2D eigenvalue weighted by Crippen LogP contribution is -2.08. The van der Waals surface area contributed by atoms with Crippen LogP contribution in [-0.4, -0.2) is 19.7 Å². The van der Waals surface area contributed by atoms with Crippen LogP contribution in [0.2, 0.25) is 0 Å². The Morgan fingerprint density at radius 3 is 2.34 bits per heavy atom. The van der Waals surface area contributed by atoms with Crippen LogP contribution in [0.5, 0.6) is 0 Å². The molecule has 0 saturated carbocycles. The maximum atomic E-state index is 11.0. The second-order valence-corrected chi connectivity index (χ2v) is 7.46. The number of pyridine rings is 1. The molecule has 0 spiro atoms. The van der Waals surface area contributed by atoms with E-state index >= 15 is 0 Å². The summed E-state index contributed by atoms with van der Waals surface area (Å²) in [7, 11) is 0. The van der Waals surface area contributed by atoms with E-state index in [1.54, 1.807) is 24.3 Å². The highest BCUT2D eigenvalue weighted by molar-refractivity contribution is 5.88. The van der Waals surface area contributed by atoms with Crippen LogP contribution < -0.4 is 0 Å². The molecule has 0 radical (unpaired) electrons. The Morgan fingerprint density at radius 2 is 1.66 bits per heavy atom. The molecular weight excluding hydrogens is 364 g/mol. The summed E-state index contributed by atoms with van der Waals surface area (Å²) in [5, 5.41) is 17.0. The predicted molar refractivity (Wildman–Crippen MR) is 112 cm³/mol. The third-order valence-electron chi connectivity index (χ3n) is 5.66. The van der Waals surface area contributed by atoms with E-state index in [-0.39, 0.29) is 10.6 Å². The zero-order valence-corrected chi connectivity index (χ0v) is 16.1. The zero-order valence-electron chi connectivity index (χ0n) is 16.1. The number of hydrogen-bond acceptors (Lipinski definition) is 4. The van der Waals surface area contributed by atoms with Crippen molar-refractivity contribution in [2.24, 2.45) is 0 Å². The fourth-order valence-electron chi connectivity index (χ4n) is 4.32. The van der Waals surface area contributed by atoms with Crippen LogP contribution in [-0.2, 0) is 12.8 Å². The summed E-state index contributed by atoms with van der Waals surface area (Å²) < 4.78 is 1.91. The average Bonchev–Trinajstić information content (AvgIpc) is 3.10. The summed E-state index contributed by atoms with van der Waals surface area (Å²) in [6.45, 7) is 2.05. The van der Waals surface area contributed by atoms with Crippen molar-refractivity contribution in [2.75, 3.05) is 0 Å². The first-order chi connectivity index (χ1) is 14.1. The van der Waals surface area contributed by atoms with Gasteiger partial charge in [-0.25, -0.2) is 9.67 Å². The largest absolute Gasteiger partial charge is 0.269 e. The fraction of sp³-hybridized carbons (Fsp3) is 0.217. The molecule has 0 saturated heterocycles. The highest BCUT2D eigenvalue weighted by Gasteiger charge is 2.24. The van der Waals surface area contributed by atoms with E-state index in [1.807, 2.05) is 41.9 Å². The predicted octanol–water partition coefficient (Wildman–Crippen LogP) is 5.18. The first-order valence-electron chi connectivity index (χ1n) is 9.85. The van der Waals surface area contributed by atoms with Gasteiger partial charge in [0.15, 0.2) is 5.65 Å². The van der Waals surface area contributed by atoms with E-state index in [2.05, 4.69) is 0 Å². The molecule has 4 aromatic rings. The van der Waals surface area contributed by atoms with E-state index in [4.69, 9.17) is 10.1 Å².